The lowest BCUT2D eigenvalue weighted by Crippen LogP contribution is -2.27. The summed E-state index contributed by atoms with van der Waals surface area (Å²) >= 11 is 24.6. The molecule has 0 unspecified atom stereocenters. The van der Waals surface area contributed by atoms with Crippen LogP contribution in [0, 0.1) is 18.6 Å². The van der Waals surface area contributed by atoms with E-state index < -0.39 is 11.6 Å². The second-order valence-electron chi connectivity index (χ2n) is 11.8. The number of aromatic nitrogens is 4. The van der Waals surface area contributed by atoms with Gasteiger partial charge in [-0.25, -0.2) is 18.1 Å². The lowest BCUT2D eigenvalue weighted by atomic mass is 10.1. The fourth-order valence-electron chi connectivity index (χ4n) is 6.08. The standard InChI is InChI=1S/C21H18Cl2FN3O2.C13H12Cl2FN3O/c1-12-5-4-6-13(9-12)20(28)25-17-10-14(16(24)11-15(17)22)18-19(23)26-7-2-3-8-27(26)21(18)29;14-8-6-9(16)7(5-10(8)17)11-12(15)18-3-1-2-4-19(18)13(11)20/h4-6,9-11H,2-3,7-8H2,1H3,(H,25,28);5-6H,1-4,17H2. The molecule has 0 atom stereocenters. The number of nitrogens with two attached hydrogens (primary N) is 1. The highest BCUT2D eigenvalue weighted by atomic mass is 35.5. The minimum atomic E-state index is -0.675. The molecule has 1 amide bonds. The van der Waals surface area contributed by atoms with E-state index in [1.54, 1.807) is 32.2 Å². The van der Waals surface area contributed by atoms with E-state index in [4.69, 9.17) is 52.1 Å². The molecule has 3 aromatic carbocycles. The molecule has 0 radical (unpaired) electrons. The summed E-state index contributed by atoms with van der Waals surface area (Å²) in [5, 5.41) is 3.28. The smallest absolute Gasteiger partial charge is 0.276 e. The van der Waals surface area contributed by atoms with Gasteiger partial charge in [0.1, 0.15) is 21.9 Å². The number of nitrogens with zero attached hydrogens (tertiary/aromatic N) is 4. The van der Waals surface area contributed by atoms with Gasteiger partial charge in [-0.2, -0.15) is 0 Å². The maximum Gasteiger partial charge on any atom is 0.276 e. The third-order valence-electron chi connectivity index (χ3n) is 8.54. The molecule has 49 heavy (non-hydrogen) atoms. The average molecular weight is 750 g/mol. The number of amides is 1. The molecule has 7 rings (SSSR count). The number of aryl methyl sites for hydroxylation is 1. The molecule has 15 heteroatoms. The van der Waals surface area contributed by atoms with Gasteiger partial charge in [-0.15, -0.1) is 0 Å². The first kappa shape index (κ1) is 34.8. The molecule has 2 aliphatic rings. The van der Waals surface area contributed by atoms with Crippen molar-refractivity contribution in [2.24, 2.45) is 0 Å². The number of carbonyl (C=O) groups is 1. The number of carbonyl (C=O) groups excluding carboxylic acids is 1. The average Bonchev–Trinajstić information content (AvgIpc) is 3.48. The Morgan fingerprint density at radius 2 is 1.20 bits per heavy atom. The van der Waals surface area contributed by atoms with E-state index in [-0.39, 0.29) is 71.0 Å². The Morgan fingerprint density at radius 3 is 1.71 bits per heavy atom. The summed E-state index contributed by atoms with van der Waals surface area (Å²) < 4.78 is 35.3. The van der Waals surface area contributed by atoms with Crippen molar-refractivity contribution in [1.82, 2.24) is 18.7 Å². The molecular formula is C34H30Cl4F2N6O3. The van der Waals surface area contributed by atoms with Gasteiger partial charge in [0, 0.05) is 42.9 Å². The first-order valence-electron chi connectivity index (χ1n) is 15.5. The van der Waals surface area contributed by atoms with Crippen LogP contribution in [0.2, 0.25) is 20.4 Å². The Bertz CT molecular complexity index is 2240. The van der Waals surface area contributed by atoms with E-state index >= 15 is 0 Å². The molecule has 3 N–H and O–H groups in total. The molecule has 0 bridgehead atoms. The van der Waals surface area contributed by atoms with Crippen molar-refractivity contribution in [3.63, 3.8) is 0 Å². The van der Waals surface area contributed by atoms with Gasteiger partial charge in [-0.1, -0.05) is 64.1 Å². The van der Waals surface area contributed by atoms with Crippen molar-refractivity contribution in [2.75, 3.05) is 11.1 Å². The zero-order chi connectivity index (χ0) is 35.1. The lowest BCUT2D eigenvalue weighted by molar-refractivity contribution is 0.102. The molecule has 2 aliphatic heterocycles. The lowest BCUT2D eigenvalue weighted by Gasteiger charge is -2.17. The largest absolute Gasteiger partial charge is 0.398 e. The molecule has 0 saturated carbocycles. The molecular weight excluding hydrogens is 720 g/mol. The second-order valence-corrected chi connectivity index (χ2v) is 13.4. The summed E-state index contributed by atoms with van der Waals surface area (Å²) in [5.41, 5.74) is 7.18. The fourth-order valence-corrected chi connectivity index (χ4v) is 7.14. The second kappa shape index (κ2) is 14.1. The van der Waals surface area contributed by atoms with Gasteiger partial charge in [0.05, 0.1) is 32.5 Å². The van der Waals surface area contributed by atoms with Gasteiger partial charge < -0.3 is 11.1 Å². The molecule has 256 valence electrons. The van der Waals surface area contributed by atoms with Gasteiger partial charge in [0.25, 0.3) is 17.0 Å². The maximum absolute atomic E-state index is 14.7. The summed E-state index contributed by atoms with van der Waals surface area (Å²) in [6.07, 6.45) is 3.61. The van der Waals surface area contributed by atoms with Crippen LogP contribution in [-0.2, 0) is 26.2 Å². The minimum Gasteiger partial charge on any atom is -0.398 e. The number of anilines is 2. The van der Waals surface area contributed by atoms with E-state index in [1.165, 1.54) is 16.8 Å². The van der Waals surface area contributed by atoms with Crippen molar-refractivity contribution >= 4 is 63.7 Å². The summed E-state index contributed by atoms with van der Waals surface area (Å²) in [4.78, 5) is 37.8. The van der Waals surface area contributed by atoms with E-state index in [0.29, 0.717) is 31.7 Å². The first-order chi connectivity index (χ1) is 23.4. The number of hydrogen-bond acceptors (Lipinski definition) is 4. The number of nitrogens with one attached hydrogen (secondary N) is 1. The van der Waals surface area contributed by atoms with Crippen molar-refractivity contribution in [3.05, 3.63) is 112 Å². The van der Waals surface area contributed by atoms with Gasteiger partial charge in [0.15, 0.2) is 0 Å². The Labute approximate surface area is 299 Å². The van der Waals surface area contributed by atoms with Crippen LogP contribution in [0.15, 0.2) is 58.1 Å². The highest BCUT2D eigenvalue weighted by Crippen LogP contribution is 2.36. The molecule has 2 aromatic heterocycles. The van der Waals surface area contributed by atoms with E-state index in [9.17, 15) is 23.2 Å². The number of rotatable bonds is 4. The van der Waals surface area contributed by atoms with Gasteiger partial charge in [-0.05, 0) is 69.0 Å². The van der Waals surface area contributed by atoms with Gasteiger partial charge in [0.2, 0.25) is 0 Å². The van der Waals surface area contributed by atoms with Crippen LogP contribution in [0.5, 0.6) is 0 Å². The SMILES string of the molecule is Cc1cccc(C(=O)Nc2cc(-c3c(Cl)n4n(c3=O)CCCC4)c(F)cc2Cl)c1.Nc1cc(-c2c(Cl)n3n(c2=O)CCCC3)c(F)cc1Cl. The normalized spacial score (nSPS) is 13.7. The van der Waals surface area contributed by atoms with Crippen molar-refractivity contribution in [1.29, 1.82) is 0 Å². The molecule has 0 fully saturated rings. The Hall–Kier alpha value is -4.03. The summed E-state index contributed by atoms with van der Waals surface area (Å²) in [6, 6.07) is 12.0. The van der Waals surface area contributed by atoms with E-state index in [1.807, 2.05) is 13.0 Å². The van der Waals surface area contributed by atoms with Crippen molar-refractivity contribution in [2.45, 2.75) is 58.8 Å². The van der Waals surface area contributed by atoms with Crippen LogP contribution in [0.25, 0.3) is 22.3 Å². The van der Waals surface area contributed by atoms with Crippen LogP contribution in [0.1, 0.15) is 41.6 Å². The van der Waals surface area contributed by atoms with Crippen molar-refractivity contribution < 1.29 is 13.6 Å². The number of halogens is 6. The molecule has 4 heterocycles. The summed E-state index contributed by atoms with van der Waals surface area (Å²) in [6.45, 7) is 4.25. The number of hydrogen-bond donors (Lipinski definition) is 2. The highest BCUT2D eigenvalue weighted by Gasteiger charge is 2.26. The van der Waals surface area contributed by atoms with Crippen LogP contribution in [0.3, 0.4) is 0 Å². The molecule has 0 spiro atoms. The maximum atomic E-state index is 14.7. The zero-order valence-corrected chi connectivity index (χ0v) is 29.2. The Balaban J connectivity index is 0.000000182. The van der Waals surface area contributed by atoms with E-state index in [0.717, 1.165) is 43.4 Å². The summed E-state index contributed by atoms with van der Waals surface area (Å²) in [5.74, 6) is -1.66. The minimum absolute atomic E-state index is 0.0124. The van der Waals surface area contributed by atoms with E-state index in [2.05, 4.69) is 5.32 Å². The Morgan fingerprint density at radius 1 is 0.714 bits per heavy atom. The number of fused-ring (bicyclic) bond motifs is 2. The highest BCUT2D eigenvalue weighted by molar-refractivity contribution is 6.35. The zero-order valence-electron chi connectivity index (χ0n) is 26.1. The molecule has 9 nitrogen and oxygen atoms in total. The number of nitrogen functional groups attached to an aromatic ring is 1. The van der Waals surface area contributed by atoms with Crippen molar-refractivity contribution in [3.8, 4) is 22.3 Å². The van der Waals surface area contributed by atoms with Crippen LogP contribution < -0.4 is 22.2 Å². The predicted molar refractivity (Wildman–Crippen MR) is 190 cm³/mol. The van der Waals surface area contributed by atoms with Gasteiger partial charge >= 0.3 is 0 Å². The Kier molecular flexibility index (Phi) is 10.00. The topological polar surface area (TPSA) is 109 Å². The molecule has 0 aliphatic carbocycles. The quantitative estimate of drug-likeness (QED) is 0.180. The molecule has 5 aromatic rings. The number of benzene rings is 3. The van der Waals surface area contributed by atoms with Crippen LogP contribution in [0.4, 0.5) is 20.2 Å². The monoisotopic (exact) mass is 748 g/mol. The van der Waals surface area contributed by atoms with Crippen LogP contribution >= 0.6 is 46.4 Å². The van der Waals surface area contributed by atoms with Gasteiger partial charge in [-0.3, -0.25) is 23.7 Å². The fraction of sp³-hybridized carbons (Fsp3) is 0.265. The van der Waals surface area contributed by atoms with Crippen LogP contribution in [-0.4, -0.2) is 24.6 Å². The third-order valence-corrected chi connectivity index (χ3v) is 9.94. The molecule has 0 saturated heterocycles. The summed E-state index contributed by atoms with van der Waals surface area (Å²) in [7, 11) is 0. The first-order valence-corrected chi connectivity index (χ1v) is 17.0. The predicted octanol–water partition coefficient (Wildman–Crippen LogP) is 8.26. The third kappa shape index (κ3) is 6.64.